The highest BCUT2D eigenvalue weighted by atomic mass is 32.2. The summed E-state index contributed by atoms with van der Waals surface area (Å²) >= 11 is 0. The van der Waals surface area contributed by atoms with Gasteiger partial charge in [-0.15, -0.1) is 10.2 Å². The molecule has 2 rings (SSSR count). The zero-order valence-electron chi connectivity index (χ0n) is 13.7. The van der Waals surface area contributed by atoms with Crippen molar-refractivity contribution in [2.75, 3.05) is 37.2 Å². The second kappa shape index (κ2) is 7.54. The number of aryl methyl sites for hydroxylation is 1. The third-order valence-corrected chi connectivity index (χ3v) is 4.56. The molecule has 1 heterocycles. The van der Waals surface area contributed by atoms with E-state index in [2.05, 4.69) is 20.2 Å². The Bertz CT molecular complexity index is 794. The molecular formula is C15H20FN5O2S. The van der Waals surface area contributed by atoms with Crippen LogP contribution in [0.1, 0.15) is 5.56 Å². The summed E-state index contributed by atoms with van der Waals surface area (Å²) in [5.74, 6) is 0.189. The van der Waals surface area contributed by atoms with Gasteiger partial charge in [-0.2, -0.15) is 0 Å². The molecule has 0 amide bonds. The second-order valence-electron chi connectivity index (χ2n) is 5.55. The molecule has 0 saturated heterocycles. The molecule has 0 fully saturated rings. The lowest BCUT2D eigenvalue weighted by atomic mass is 10.2. The van der Waals surface area contributed by atoms with Gasteiger partial charge in [0.2, 0.25) is 0 Å². The Hall–Kier alpha value is -2.26. The van der Waals surface area contributed by atoms with Crippen LogP contribution < -0.4 is 10.0 Å². The van der Waals surface area contributed by atoms with Gasteiger partial charge in [0.15, 0.2) is 5.82 Å². The van der Waals surface area contributed by atoms with Gasteiger partial charge in [0, 0.05) is 13.1 Å². The number of halogens is 1. The molecule has 0 aliphatic rings. The summed E-state index contributed by atoms with van der Waals surface area (Å²) in [6.07, 6.45) is 0. The Kier molecular flexibility index (Phi) is 5.68. The number of hydrogen-bond donors (Lipinski definition) is 2. The van der Waals surface area contributed by atoms with Crippen LogP contribution in [-0.2, 0) is 10.0 Å². The first-order valence-corrected chi connectivity index (χ1v) is 8.77. The smallest absolute Gasteiger partial charge is 0.263 e. The number of aromatic nitrogens is 2. The van der Waals surface area contributed by atoms with E-state index in [9.17, 15) is 12.8 Å². The maximum Gasteiger partial charge on any atom is 0.263 e. The number of nitrogens with one attached hydrogen (secondary N) is 2. The van der Waals surface area contributed by atoms with Gasteiger partial charge < -0.3 is 10.2 Å². The Morgan fingerprint density at radius 2 is 1.79 bits per heavy atom. The van der Waals surface area contributed by atoms with Crippen molar-refractivity contribution in [1.29, 1.82) is 0 Å². The lowest BCUT2D eigenvalue weighted by Gasteiger charge is -2.11. The van der Waals surface area contributed by atoms with Gasteiger partial charge in [-0.05, 0) is 56.9 Å². The minimum Gasteiger partial charge on any atom is -0.367 e. The zero-order chi connectivity index (χ0) is 17.7. The molecule has 0 radical (unpaired) electrons. The SMILES string of the molecule is Cc1cc(S(=O)(=O)Nc2ccc(NCCN(C)C)nn2)ccc1F. The fourth-order valence-corrected chi connectivity index (χ4v) is 2.95. The van der Waals surface area contributed by atoms with Crippen molar-refractivity contribution in [2.24, 2.45) is 0 Å². The van der Waals surface area contributed by atoms with Crippen molar-refractivity contribution in [3.8, 4) is 0 Å². The van der Waals surface area contributed by atoms with Crippen LogP contribution in [0.25, 0.3) is 0 Å². The van der Waals surface area contributed by atoms with Gasteiger partial charge >= 0.3 is 0 Å². The Morgan fingerprint density at radius 1 is 1.12 bits per heavy atom. The van der Waals surface area contributed by atoms with Crippen LogP contribution in [0.2, 0.25) is 0 Å². The maximum atomic E-state index is 13.3. The lowest BCUT2D eigenvalue weighted by Crippen LogP contribution is -2.21. The molecule has 24 heavy (non-hydrogen) atoms. The predicted octanol–water partition coefficient (Wildman–Crippen LogP) is 1.70. The molecule has 2 N–H and O–H groups in total. The summed E-state index contributed by atoms with van der Waals surface area (Å²) in [5.41, 5.74) is 0.254. The van der Waals surface area contributed by atoms with Crippen LogP contribution in [-0.4, -0.2) is 50.7 Å². The molecule has 0 unspecified atom stereocenters. The maximum absolute atomic E-state index is 13.3. The van der Waals surface area contributed by atoms with Crippen LogP contribution in [0.5, 0.6) is 0 Å². The van der Waals surface area contributed by atoms with E-state index in [1.54, 1.807) is 6.07 Å². The average Bonchev–Trinajstić information content (AvgIpc) is 2.51. The fourth-order valence-electron chi connectivity index (χ4n) is 1.87. The van der Waals surface area contributed by atoms with Gasteiger partial charge in [0.25, 0.3) is 10.0 Å². The quantitative estimate of drug-likeness (QED) is 0.788. The van der Waals surface area contributed by atoms with E-state index >= 15 is 0 Å². The highest BCUT2D eigenvalue weighted by molar-refractivity contribution is 7.92. The summed E-state index contributed by atoms with van der Waals surface area (Å²) < 4.78 is 40.1. The molecule has 130 valence electrons. The predicted molar refractivity (Wildman–Crippen MR) is 91.0 cm³/mol. The number of likely N-dealkylation sites (N-methyl/N-ethyl adjacent to an activating group) is 1. The number of hydrogen-bond acceptors (Lipinski definition) is 6. The summed E-state index contributed by atoms with van der Waals surface area (Å²) in [6, 6.07) is 6.74. The number of sulfonamides is 1. The molecule has 0 bridgehead atoms. The second-order valence-corrected chi connectivity index (χ2v) is 7.23. The fraction of sp³-hybridized carbons (Fsp3) is 0.333. The number of benzene rings is 1. The Labute approximate surface area is 141 Å². The molecule has 2 aromatic rings. The van der Waals surface area contributed by atoms with Crippen LogP contribution in [0.3, 0.4) is 0 Å². The third-order valence-electron chi connectivity index (χ3n) is 3.21. The molecule has 0 aliphatic carbocycles. The molecular weight excluding hydrogens is 333 g/mol. The molecule has 0 atom stereocenters. The van der Waals surface area contributed by atoms with Crippen molar-refractivity contribution >= 4 is 21.7 Å². The zero-order valence-corrected chi connectivity index (χ0v) is 14.6. The van der Waals surface area contributed by atoms with Crippen LogP contribution >= 0.6 is 0 Å². The van der Waals surface area contributed by atoms with Gasteiger partial charge in [-0.3, -0.25) is 4.72 Å². The van der Waals surface area contributed by atoms with E-state index in [0.29, 0.717) is 12.4 Å². The van der Waals surface area contributed by atoms with Crippen LogP contribution in [0.4, 0.5) is 16.0 Å². The highest BCUT2D eigenvalue weighted by Crippen LogP contribution is 2.17. The standard InChI is InChI=1S/C15H20FN5O2S/c1-11-10-12(4-5-13(11)16)24(22,23)20-15-7-6-14(18-19-15)17-8-9-21(2)3/h4-7,10H,8-9H2,1-3H3,(H,17,18)(H,19,20). The monoisotopic (exact) mass is 353 g/mol. The van der Waals surface area contributed by atoms with Crippen molar-refractivity contribution in [2.45, 2.75) is 11.8 Å². The van der Waals surface area contributed by atoms with Crippen molar-refractivity contribution in [3.63, 3.8) is 0 Å². The normalized spacial score (nSPS) is 11.5. The van der Waals surface area contributed by atoms with Crippen LogP contribution in [0, 0.1) is 12.7 Å². The molecule has 7 nitrogen and oxygen atoms in total. The van der Waals surface area contributed by atoms with E-state index in [1.807, 2.05) is 19.0 Å². The number of rotatable bonds is 7. The van der Waals surface area contributed by atoms with Gasteiger partial charge in [-0.25, -0.2) is 12.8 Å². The lowest BCUT2D eigenvalue weighted by molar-refractivity contribution is 0.425. The number of anilines is 2. The van der Waals surface area contributed by atoms with Crippen molar-refractivity contribution < 1.29 is 12.8 Å². The van der Waals surface area contributed by atoms with E-state index in [0.717, 1.165) is 12.6 Å². The molecule has 0 saturated carbocycles. The summed E-state index contributed by atoms with van der Waals surface area (Å²) in [4.78, 5) is 1.99. The minimum absolute atomic E-state index is 0.0311. The summed E-state index contributed by atoms with van der Waals surface area (Å²) in [7, 11) is 0.0816. The van der Waals surface area contributed by atoms with E-state index in [4.69, 9.17) is 0 Å². The highest BCUT2D eigenvalue weighted by Gasteiger charge is 2.16. The van der Waals surface area contributed by atoms with E-state index in [-0.39, 0.29) is 16.3 Å². The van der Waals surface area contributed by atoms with E-state index < -0.39 is 15.8 Å². The average molecular weight is 353 g/mol. The van der Waals surface area contributed by atoms with Crippen LogP contribution in [0.15, 0.2) is 35.2 Å². The Balaban J connectivity index is 2.05. The first kappa shape index (κ1) is 18.1. The summed E-state index contributed by atoms with van der Waals surface area (Å²) in [6.45, 7) is 3.03. The largest absolute Gasteiger partial charge is 0.367 e. The Morgan fingerprint density at radius 3 is 2.38 bits per heavy atom. The third kappa shape index (κ3) is 4.87. The summed E-state index contributed by atoms with van der Waals surface area (Å²) in [5, 5.41) is 10.8. The van der Waals surface area contributed by atoms with Gasteiger partial charge in [0.05, 0.1) is 4.90 Å². The van der Waals surface area contributed by atoms with Crippen molar-refractivity contribution in [1.82, 2.24) is 15.1 Å². The van der Waals surface area contributed by atoms with Gasteiger partial charge in [-0.1, -0.05) is 0 Å². The van der Waals surface area contributed by atoms with Crippen molar-refractivity contribution in [3.05, 3.63) is 41.7 Å². The van der Waals surface area contributed by atoms with E-state index in [1.165, 1.54) is 25.1 Å². The first-order chi connectivity index (χ1) is 11.3. The molecule has 0 aliphatic heterocycles. The topological polar surface area (TPSA) is 87.2 Å². The molecule has 0 spiro atoms. The number of nitrogens with zero attached hydrogens (tertiary/aromatic N) is 3. The molecule has 9 heteroatoms. The molecule has 1 aromatic heterocycles. The van der Waals surface area contributed by atoms with Gasteiger partial charge in [0.1, 0.15) is 11.6 Å². The first-order valence-electron chi connectivity index (χ1n) is 7.29. The minimum atomic E-state index is -3.84. The molecule has 1 aromatic carbocycles.